The lowest BCUT2D eigenvalue weighted by molar-refractivity contribution is 0.219. The second kappa shape index (κ2) is 9.60. The second-order valence-electron chi connectivity index (χ2n) is 5.66. The molecule has 27 heavy (non-hydrogen) atoms. The summed E-state index contributed by atoms with van der Waals surface area (Å²) in [6, 6.07) is 5.96. The van der Waals surface area contributed by atoms with Gasteiger partial charge in [0.05, 0.1) is 38.2 Å². The molecule has 148 valence electrons. The van der Waals surface area contributed by atoms with Crippen LogP contribution in [0.1, 0.15) is 25.5 Å². The van der Waals surface area contributed by atoms with Gasteiger partial charge in [-0.05, 0) is 43.7 Å². The maximum atomic E-state index is 13.1. The molecule has 1 unspecified atom stereocenters. The molecule has 1 heterocycles. The SMILES string of the molecule is CCOP(=O)(CC(Nc1cccnc1)c1cc(O)c(O)c(OC)c1)OCC. The summed E-state index contributed by atoms with van der Waals surface area (Å²) in [6.45, 7) is 3.96. The van der Waals surface area contributed by atoms with Crippen LogP contribution in [0, 0.1) is 0 Å². The number of phenolic OH excluding ortho intramolecular Hbond substituents is 2. The molecule has 0 aliphatic heterocycles. The Morgan fingerprint density at radius 3 is 2.48 bits per heavy atom. The summed E-state index contributed by atoms with van der Waals surface area (Å²) in [6.07, 6.45) is 3.27. The largest absolute Gasteiger partial charge is 0.504 e. The van der Waals surface area contributed by atoms with Crippen molar-refractivity contribution in [2.45, 2.75) is 19.9 Å². The number of phenols is 2. The predicted octanol–water partition coefficient (Wildman–Crippen LogP) is 3.92. The van der Waals surface area contributed by atoms with E-state index in [1.54, 1.807) is 38.4 Å². The van der Waals surface area contributed by atoms with E-state index in [0.29, 0.717) is 11.3 Å². The van der Waals surface area contributed by atoms with Crippen molar-refractivity contribution in [2.75, 3.05) is 31.8 Å². The first-order valence-corrected chi connectivity index (χ1v) is 10.3. The molecule has 2 aromatic rings. The number of rotatable bonds is 10. The molecule has 0 aliphatic carbocycles. The van der Waals surface area contributed by atoms with E-state index in [4.69, 9.17) is 13.8 Å². The van der Waals surface area contributed by atoms with Gasteiger partial charge in [0.2, 0.25) is 5.75 Å². The van der Waals surface area contributed by atoms with Crippen molar-refractivity contribution in [1.82, 2.24) is 4.98 Å². The molecule has 0 bridgehead atoms. The zero-order valence-electron chi connectivity index (χ0n) is 15.6. The summed E-state index contributed by atoms with van der Waals surface area (Å²) in [7, 11) is -2.01. The monoisotopic (exact) mass is 396 g/mol. The molecular formula is C18H25N2O6P. The van der Waals surface area contributed by atoms with Gasteiger partial charge in [0, 0.05) is 12.4 Å². The van der Waals surface area contributed by atoms with E-state index >= 15 is 0 Å². The lowest BCUT2D eigenvalue weighted by Crippen LogP contribution is -2.17. The molecule has 0 amide bonds. The molecule has 1 aromatic carbocycles. The standard InChI is InChI=1S/C18H25N2O6P/c1-4-25-27(23,26-5-2)12-15(20-14-7-6-8-19-11-14)13-9-16(21)18(22)17(10-13)24-3/h6-11,15,20-22H,4-5,12H2,1-3H3. The number of hydrogen-bond donors (Lipinski definition) is 3. The van der Waals surface area contributed by atoms with Crippen molar-refractivity contribution in [3.63, 3.8) is 0 Å². The average molecular weight is 396 g/mol. The van der Waals surface area contributed by atoms with Gasteiger partial charge in [-0.2, -0.15) is 0 Å². The highest BCUT2D eigenvalue weighted by Crippen LogP contribution is 2.52. The maximum absolute atomic E-state index is 13.1. The van der Waals surface area contributed by atoms with Crippen molar-refractivity contribution in [3.05, 3.63) is 42.2 Å². The van der Waals surface area contributed by atoms with Crippen LogP contribution in [-0.4, -0.2) is 41.7 Å². The lowest BCUT2D eigenvalue weighted by atomic mass is 10.1. The Balaban J connectivity index is 2.43. The normalized spacial score (nSPS) is 12.6. The summed E-state index contributed by atoms with van der Waals surface area (Å²) in [5.41, 5.74) is 1.24. The molecule has 0 saturated carbocycles. The van der Waals surface area contributed by atoms with Crippen LogP contribution in [0.15, 0.2) is 36.7 Å². The molecule has 0 fully saturated rings. The molecule has 3 N–H and O–H groups in total. The molecule has 0 saturated heterocycles. The van der Waals surface area contributed by atoms with Crippen LogP contribution < -0.4 is 10.1 Å². The van der Waals surface area contributed by atoms with E-state index in [1.165, 1.54) is 13.2 Å². The number of ether oxygens (including phenoxy) is 1. The molecule has 0 spiro atoms. The van der Waals surface area contributed by atoms with E-state index in [1.807, 2.05) is 6.07 Å². The third-order valence-electron chi connectivity index (χ3n) is 3.76. The highest BCUT2D eigenvalue weighted by atomic mass is 31.2. The first kappa shape index (κ1) is 21.0. The van der Waals surface area contributed by atoms with Gasteiger partial charge in [0.25, 0.3) is 0 Å². The van der Waals surface area contributed by atoms with E-state index in [9.17, 15) is 14.8 Å². The number of nitrogens with one attached hydrogen (secondary N) is 1. The minimum Gasteiger partial charge on any atom is -0.504 e. The first-order chi connectivity index (χ1) is 12.9. The van der Waals surface area contributed by atoms with E-state index in [0.717, 1.165) is 0 Å². The number of anilines is 1. The fourth-order valence-electron chi connectivity index (χ4n) is 2.61. The Kier molecular flexibility index (Phi) is 7.47. The fourth-order valence-corrected chi connectivity index (χ4v) is 4.44. The maximum Gasteiger partial charge on any atom is 0.333 e. The van der Waals surface area contributed by atoms with E-state index in [2.05, 4.69) is 10.3 Å². The van der Waals surface area contributed by atoms with Crippen molar-refractivity contribution in [2.24, 2.45) is 0 Å². The number of aromatic hydroxyl groups is 2. The van der Waals surface area contributed by atoms with Gasteiger partial charge in [0.15, 0.2) is 11.5 Å². The van der Waals surface area contributed by atoms with Gasteiger partial charge >= 0.3 is 7.60 Å². The molecule has 8 nitrogen and oxygen atoms in total. The smallest absolute Gasteiger partial charge is 0.333 e. The predicted molar refractivity (Wildman–Crippen MR) is 103 cm³/mol. The zero-order valence-corrected chi connectivity index (χ0v) is 16.5. The Hall–Kier alpha value is -2.28. The van der Waals surface area contributed by atoms with E-state index in [-0.39, 0.29) is 36.6 Å². The third kappa shape index (κ3) is 5.60. The molecular weight excluding hydrogens is 371 g/mol. The Morgan fingerprint density at radius 2 is 1.93 bits per heavy atom. The Bertz CT molecular complexity index is 777. The summed E-state index contributed by atoms with van der Waals surface area (Å²) >= 11 is 0. The summed E-state index contributed by atoms with van der Waals surface area (Å²) in [5.74, 6) is -0.602. The van der Waals surface area contributed by atoms with Crippen LogP contribution in [-0.2, 0) is 13.6 Å². The summed E-state index contributed by atoms with van der Waals surface area (Å²) in [4.78, 5) is 4.06. The fraction of sp³-hybridized carbons (Fsp3) is 0.389. The summed E-state index contributed by atoms with van der Waals surface area (Å²) in [5, 5.41) is 23.1. The van der Waals surface area contributed by atoms with Crippen LogP contribution in [0.4, 0.5) is 5.69 Å². The van der Waals surface area contributed by atoms with Crippen LogP contribution in [0.25, 0.3) is 0 Å². The number of nitrogens with zero attached hydrogens (tertiary/aromatic N) is 1. The molecule has 2 rings (SSSR count). The van der Waals surface area contributed by atoms with Gasteiger partial charge in [0.1, 0.15) is 0 Å². The van der Waals surface area contributed by atoms with Gasteiger partial charge in [-0.15, -0.1) is 0 Å². The van der Waals surface area contributed by atoms with Crippen molar-refractivity contribution < 1.29 is 28.6 Å². The lowest BCUT2D eigenvalue weighted by Gasteiger charge is -2.25. The third-order valence-corrected chi connectivity index (χ3v) is 5.88. The zero-order chi connectivity index (χ0) is 19.9. The highest BCUT2D eigenvalue weighted by Gasteiger charge is 2.30. The van der Waals surface area contributed by atoms with Gasteiger partial charge < -0.3 is 29.3 Å². The van der Waals surface area contributed by atoms with Gasteiger partial charge in [-0.25, -0.2) is 0 Å². The number of pyridine rings is 1. The van der Waals surface area contributed by atoms with Gasteiger partial charge in [-0.3, -0.25) is 9.55 Å². The Labute approximate surface area is 158 Å². The molecule has 0 radical (unpaired) electrons. The minimum atomic E-state index is -3.40. The highest BCUT2D eigenvalue weighted by molar-refractivity contribution is 7.53. The minimum absolute atomic E-state index is 0.0109. The number of methoxy groups -OCH3 is 1. The summed E-state index contributed by atoms with van der Waals surface area (Å²) < 4.78 is 29.0. The van der Waals surface area contributed by atoms with Crippen molar-refractivity contribution in [3.8, 4) is 17.2 Å². The quantitative estimate of drug-likeness (QED) is 0.409. The van der Waals surface area contributed by atoms with Gasteiger partial charge in [-0.1, -0.05) is 0 Å². The molecule has 9 heteroatoms. The number of aromatic nitrogens is 1. The molecule has 0 aliphatic rings. The van der Waals surface area contributed by atoms with Crippen LogP contribution >= 0.6 is 7.60 Å². The molecule has 1 aromatic heterocycles. The van der Waals surface area contributed by atoms with Crippen molar-refractivity contribution >= 4 is 13.3 Å². The Morgan fingerprint density at radius 1 is 1.22 bits per heavy atom. The van der Waals surface area contributed by atoms with Crippen LogP contribution in [0.5, 0.6) is 17.2 Å². The van der Waals surface area contributed by atoms with Crippen LogP contribution in [0.2, 0.25) is 0 Å². The van der Waals surface area contributed by atoms with E-state index < -0.39 is 13.6 Å². The second-order valence-corrected chi connectivity index (χ2v) is 7.76. The molecule has 1 atom stereocenters. The topological polar surface area (TPSA) is 110 Å². The van der Waals surface area contributed by atoms with Crippen molar-refractivity contribution in [1.29, 1.82) is 0 Å². The average Bonchev–Trinajstić information content (AvgIpc) is 2.64. The number of hydrogen-bond acceptors (Lipinski definition) is 8. The first-order valence-electron chi connectivity index (χ1n) is 8.57. The van der Waals surface area contributed by atoms with Crippen LogP contribution in [0.3, 0.4) is 0 Å². The number of benzene rings is 1.